The third kappa shape index (κ3) is 2.97. The minimum Gasteiger partial charge on any atom is -0.305 e. The van der Waals surface area contributed by atoms with Crippen LogP contribution in [0.1, 0.15) is 15.9 Å². The summed E-state index contributed by atoms with van der Waals surface area (Å²) in [5.74, 6) is -0.373. The van der Waals surface area contributed by atoms with E-state index in [1.807, 2.05) is 0 Å². The van der Waals surface area contributed by atoms with Crippen molar-refractivity contribution in [3.05, 3.63) is 56.4 Å². The topological polar surface area (TPSA) is 98.0 Å². The predicted molar refractivity (Wildman–Crippen MR) is 75.5 cm³/mol. The molecule has 102 valence electrons. The molecule has 1 aromatic heterocycles. The number of hydrogen-bond acceptors (Lipinski definition) is 5. The van der Waals surface area contributed by atoms with Crippen molar-refractivity contribution in [1.82, 2.24) is 9.97 Å². The van der Waals surface area contributed by atoms with Gasteiger partial charge in [-0.05, 0) is 28.4 Å². The van der Waals surface area contributed by atoms with E-state index in [4.69, 9.17) is 0 Å². The molecule has 1 N–H and O–H groups in total. The highest BCUT2D eigenvalue weighted by Crippen LogP contribution is 2.22. The highest BCUT2D eigenvalue weighted by atomic mass is 79.9. The van der Waals surface area contributed by atoms with Crippen molar-refractivity contribution >= 4 is 33.3 Å². The van der Waals surface area contributed by atoms with E-state index >= 15 is 0 Å². The zero-order chi connectivity index (χ0) is 14.7. The zero-order valence-electron chi connectivity index (χ0n) is 10.3. The van der Waals surface area contributed by atoms with E-state index in [0.717, 1.165) is 0 Å². The fourth-order valence-corrected chi connectivity index (χ4v) is 1.86. The summed E-state index contributed by atoms with van der Waals surface area (Å²) >= 11 is 3.12. The van der Waals surface area contributed by atoms with Crippen molar-refractivity contribution < 1.29 is 9.72 Å². The molecule has 0 saturated carbocycles. The number of halogens is 1. The van der Waals surface area contributed by atoms with Gasteiger partial charge in [0.1, 0.15) is 10.2 Å². The van der Waals surface area contributed by atoms with Crippen molar-refractivity contribution in [2.45, 2.75) is 6.92 Å². The highest BCUT2D eigenvalue weighted by molar-refractivity contribution is 9.10. The van der Waals surface area contributed by atoms with Gasteiger partial charge in [-0.1, -0.05) is 12.1 Å². The van der Waals surface area contributed by atoms with Gasteiger partial charge in [0.05, 0.1) is 17.3 Å². The second kappa shape index (κ2) is 5.74. The van der Waals surface area contributed by atoms with Crippen LogP contribution in [0.25, 0.3) is 0 Å². The van der Waals surface area contributed by atoms with Gasteiger partial charge in [-0.15, -0.1) is 0 Å². The monoisotopic (exact) mass is 336 g/mol. The maximum atomic E-state index is 12.2. The molecule has 0 aliphatic rings. The molecule has 0 spiro atoms. The lowest BCUT2D eigenvalue weighted by molar-refractivity contribution is -0.385. The molecule has 2 aromatic rings. The average Bonchev–Trinajstić information content (AvgIpc) is 2.40. The van der Waals surface area contributed by atoms with Gasteiger partial charge in [-0.3, -0.25) is 14.9 Å². The third-order valence-electron chi connectivity index (χ3n) is 2.54. The Morgan fingerprint density at radius 3 is 2.70 bits per heavy atom. The standard InChI is InChI=1S/C12H9BrN4O3/c1-7-3-2-4-8(17(19)20)11(7)12(18)16-10-6-14-9(13)5-15-10/h2-6H,1H3,(H,15,16,18). The molecule has 8 heteroatoms. The molecule has 1 amide bonds. The van der Waals surface area contributed by atoms with Gasteiger partial charge in [0, 0.05) is 6.07 Å². The summed E-state index contributed by atoms with van der Waals surface area (Å²) in [4.78, 5) is 30.4. The molecule has 7 nitrogen and oxygen atoms in total. The minimum absolute atomic E-state index is 0.0159. The van der Waals surface area contributed by atoms with Crippen LogP contribution in [0, 0.1) is 17.0 Å². The van der Waals surface area contributed by atoms with Gasteiger partial charge in [-0.2, -0.15) is 0 Å². The normalized spacial score (nSPS) is 10.1. The lowest BCUT2D eigenvalue weighted by Gasteiger charge is -2.07. The van der Waals surface area contributed by atoms with Gasteiger partial charge >= 0.3 is 0 Å². The molecule has 0 fully saturated rings. The molecular weight excluding hydrogens is 328 g/mol. The SMILES string of the molecule is Cc1cccc([N+](=O)[O-])c1C(=O)Nc1cnc(Br)cn1. The molecule has 1 heterocycles. The first-order chi connectivity index (χ1) is 9.49. The van der Waals surface area contributed by atoms with Gasteiger partial charge in [0.15, 0.2) is 5.82 Å². The molecular formula is C12H9BrN4O3. The van der Waals surface area contributed by atoms with Crippen LogP contribution < -0.4 is 5.32 Å². The fraction of sp³-hybridized carbons (Fsp3) is 0.0833. The molecule has 2 rings (SSSR count). The summed E-state index contributed by atoms with van der Waals surface area (Å²) in [6, 6.07) is 4.45. The summed E-state index contributed by atoms with van der Waals surface area (Å²) in [5, 5.41) is 13.5. The van der Waals surface area contributed by atoms with Crippen LogP contribution >= 0.6 is 15.9 Å². The number of aromatic nitrogens is 2. The van der Waals surface area contributed by atoms with Crippen LogP contribution in [0.15, 0.2) is 35.2 Å². The second-order valence-corrected chi connectivity index (χ2v) is 4.72. The van der Waals surface area contributed by atoms with E-state index in [0.29, 0.717) is 10.2 Å². The van der Waals surface area contributed by atoms with E-state index in [1.165, 1.54) is 24.5 Å². The zero-order valence-corrected chi connectivity index (χ0v) is 11.9. The number of hydrogen-bond donors (Lipinski definition) is 1. The van der Waals surface area contributed by atoms with E-state index in [1.54, 1.807) is 13.0 Å². The summed E-state index contributed by atoms with van der Waals surface area (Å²) < 4.78 is 0.525. The molecule has 0 aliphatic carbocycles. The Morgan fingerprint density at radius 1 is 1.35 bits per heavy atom. The molecule has 0 radical (unpaired) electrons. The van der Waals surface area contributed by atoms with Crippen molar-refractivity contribution in [3.8, 4) is 0 Å². The lowest BCUT2D eigenvalue weighted by atomic mass is 10.1. The number of nitrogens with zero attached hydrogens (tertiary/aromatic N) is 3. The number of anilines is 1. The van der Waals surface area contributed by atoms with Crippen LogP contribution in [0.4, 0.5) is 11.5 Å². The van der Waals surface area contributed by atoms with Gasteiger partial charge < -0.3 is 5.32 Å². The Kier molecular flexibility index (Phi) is 4.04. The van der Waals surface area contributed by atoms with Crippen LogP contribution in [0.2, 0.25) is 0 Å². The molecule has 20 heavy (non-hydrogen) atoms. The van der Waals surface area contributed by atoms with Gasteiger partial charge in [0.25, 0.3) is 11.6 Å². The number of carbonyl (C=O) groups is 1. The van der Waals surface area contributed by atoms with Crippen molar-refractivity contribution in [2.24, 2.45) is 0 Å². The van der Waals surface area contributed by atoms with Gasteiger partial charge in [-0.25, -0.2) is 9.97 Å². The highest BCUT2D eigenvalue weighted by Gasteiger charge is 2.22. The Hall–Kier alpha value is -2.35. The number of carbonyl (C=O) groups excluding carboxylic acids is 1. The van der Waals surface area contributed by atoms with E-state index < -0.39 is 10.8 Å². The summed E-state index contributed by atoms with van der Waals surface area (Å²) in [6.07, 6.45) is 2.77. The largest absolute Gasteiger partial charge is 0.305 e. The smallest absolute Gasteiger partial charge is 0.282 e. The Bertz CT molecular complexity index is 673. The first-order valence-corrected chi connectivity index (χ1v) is 6.31. The fourth-order valence-electron chi connectivity index (χ4n) is 1.66. The third-order valence-corrected chi connectivity index (χ3v) is 2.95. The molecule has 0 saturated heterocycles. The summed E-state index contributed by atoms with van der Waals surface area (Å²) in [5.41, 5.74) is 0.288. The first-order valence-electron chi connectivity index (χ1n) is 5.52. The van der Waals surface area contributed by atoms with E-state index in [-0.39, 0.29) is 17.1 Å². The number of nitro benzene ring substituents is 1. The number of nitrogens with one attached hydrogen (secondary N) is 1. The molecule has 1 aromatic carbocycles. The number of nitro groups is 1. The van der Waals surface area contributed by atoms with Crippen LogP contribution in [-0.4, -0.2) is 20.8 Å². The van der Waals surface area contributed by atoms with E-state index in [2.05, 4.69) is 31.2 Å². The number of benzene rings is 1. The minimum atomic E-state index is -0.591. The Labute approximate surface area is 122 Å². The predicted octanol–water partition coefficient (Wildman–Crippen LogP) is 2.71. The number of amides is 1. The summed E-state index contributed by atoms with van der Waals surface area (Å²) in [7, 11) is 0. The number of rotatable bonds is 3. The van der Waals surface area contributed by atoms with Crippen LogP contribution in [-0.2, 0) is 0 Å². The molecule has 0 bridgehead atoms. The second-order valence-electron chi connectivity index (χ2n) is 3.90. The first kappa shape index (κ1) is 14.1. The van der Waals surface area contributed by atoms with Crippen LogP contribution in [0.5, 0.6) is 0 Å². The lowest BCUT2D eigenvalue weighted by Crippen LogP contribution is -2.16. The molecule has 0 aliphatic heterocycles. The number of aryl methyl sites for hydroxylation is 1. The van der Waals surface area contributed by atoms with E-state index in [9.17, 15) is 14.9 Å². The average molecular weight is 337 g/mol. The van der Waals surface area contributed by atoms with Crippen molar-refractivity contribution in [1.29, 1.82) is 0 Å². The molecule has 0 atom stereocenters. The maximum absolute atomic E-state index is 12.2. The van der Waals surface area contributed by atoms with Gasteiger partial charge in [0.2, 0.25) is 0 Å². The van der Waals surface area contributed by atoms with Crippen molar-refractivity contribution in [3.63, 3.8) is 0 Å². The summed E-state index contributed by atoms with van der Waals surface area (Å²) in [6.45, 7) is 1.63. The quantitative estimate of drug-likeness (QED) is 0.686. The van der Waals surface area contributed by atoms with Crippen LogP contribution in [0.3, 0.4) is 0 Å². The Balaban J connectivity index is 2.34. The molecule has 0 unspecified atom stereocenters. The Morgan fingerprint density at radius 2 is 2.10 bits per heavy atom. The maximum Gasteiger partial charge on any atom is 0.282 e. The van der Waals surface area contributed by atoms with Crippen molar-refractivity contribution in [2.75, 3.05) is 5.32 Å².